The van der Waals surface area contributed by atoms with E-state index in [1.54, 1.807) is 24.9 Å². The molecule has 8 nitrogen and oxygen atoms in total. The van der Waals surface area contributed by atoms with Crippen LogP contribution in [-0.2, 0) is 11.2 Å². The third-order valence-electron chi connectivity index (χ3n) is 6.03. The van der Waals surface area contributed by atoms with Gasteiger partial charge in [0.05, 0.1) is 24.8 Å². The quantitative estimate of drug-likeness (QED) is 0.497. The molecule has 1 amide bonds. The van der Waals surface area contributed by atoms with Crippen LogP contribution in [0, 0.1) is 13.8 Å². The van der Waals surface area contributed by atoms with Crippen LogP contribution >= 0.6 is 0 Å². The molecule has 1 aliphatic rings. The maximum absolute atomic E-state index is 13.1. The van der Waals surface area contributed by atoms with Crippen LogP contribution in [0.1, 0.15) is 41.3 Å². The van der Waals surface area contributed by atoms with Crippen molar-refractivity contribution in [2.75, 3.05) is 13.1 Å². The number of furan rings is 1. The Morgan fingerprint density at radius 1 is 1.23 bits per heavy atom. The Morgan fingerprint density at radius 2 is 2.13 bits per heavy atom. The molecule has 31 heavy (non-hydrogen) atoms. The number of piperidine rings is 1. The Hall–Kier alpha value is -3.55. The van der Waals surface area contributed by atoms with E-state index in [0.29, 0.717) is 30.4 Å². The lowest BCUT2D eigenvalue weighted by atomic mass is 9.97. The summed E-state index contributed by atoms with van der Waals surface area (Å²) in [6, 6.07) is 4.11. The zero-order valence-electron chi connectivity index (χ0n) is 17.5. The number of carbonyl (C=O) groups is 1. The Morgan fingerprint density at radius 3 is 2.97 bits per heavy atom. The van der Waals surface area contributed by atoms with E-state index in [9.17, 15) is 4.79 Å². The number of rotatable bonds is 4. The molecular formula is C23H23N5O3. The molecule has 0 bridgehead atoms. The number of aryl methyl sites for hydroxylation is 2. The second-order valence-corrected chi connectivity index (χ2v) is 8.04. The summed E-state index contributed by atoms with van der Waals surface area (Å²) in [4.78, 5) is 23.2. The molecule has 4 heterocycles. The minimum atomic E-state index is 0.0154. The molecule has 0 unspecified atom stereocenters. The van der Waals surface area contributed by atoms with E-state index in [4.69, 9.17) is 8.83 Å². The van der Waals surface area contributed by atoms with E-state index < -0.39 is 0 Å². The molecule has 1 aliphatic heterocycles. The van der Waals surface area contributed by atoms with Crippen LogP contribution in [0.25, 0.3) is 22.6 Å². The number of carbonyl (C=O) groups excluding carboxylic acids is 1. The Labute approximate surface area is 179 Å². The summed E-state index contributed by atoms with van der Waals surface area (Å²) < 4.78 is 11.6. The third kappa shape index (κ3) is 3.69. The lowest BCUT2D eigenvalue weighted by molar-refractivity contribution is -0.131. The van der Waals surface area contributed by atoms with Gasteiger partial charge in [-0.25, -0.2) is 4.98 Å². The molecule has 0 aliphatic carbocycles. The summed E-state index contributed by atoms with van der Waals surface area (Å²) >= 11 is 0. The predicted molar refractivity (Wildman–Crippen MR) is 113 cm³/mol. The molecule has 1 atom stereocenters. The normalized spacial score (nSPS) is 16.7. The van der Waals surface area contributed by atoms with Crippen LogP contribution in [0.5, 0.6) is 0 Å². The van der Waals surface area contributed by atoms with E-state index in [-0.39, 0.29) is 11.8 Å². The van der Waals surface area contributed by atoms with Crippen molar-refractivity contribution in [2.45, 2.75) is 39.0 Å². The summed E-state index contributed by atoms with van der Waals surface area (Å²) in [7, 11) is 0. The molecule has 0 saturated carbocycles. The predicted octanol–water partition coefficient (Wildman–Crippen LogP) is 3.84. The largest absolute Gasteiger partial charge is 0.464 e. The Bertz CT molecular complexity index is 1230. The monoisotopic (exact) mass is 417 g/mol. The van der Waals surface area contributed by atoms with Gasteiger partial charge in [-0.1, -0.05) is 12.1 Å². The number of benzene rings is 1. The molecule has 1 saturated heterocycles. The van der Waals surface area contributed by atoms with Gasteiger partial charge >= 0.3 is 0 Å². The average molecular weight is 417 g/mol. The van der Waals surface area contributed by atoms with E-state index in [0.717, 1.165) is 41.5 Å². The van der Waals surface area contributed by atoms with Gasteiger partial charge in [-0.2, -0.15) is 0 Å². The van der Waals surface area contributed by atoms with Crippen molar-refractivity contribution in [3.63, 3.8) is 0 Å². The lowest BCUT2D eigenvalue weighted by Crippen LogP contribution is -2.40. The first-order valence-corrected chi connectivity index (χ1v) is 10.4. The summed E-state index contributed by atoms with van der Waals surface area (Å²) in [5.41, 5.74) is 4.63. The molecule has 0 N–H and O–H groups in total. The van der Waals surface area contributed by atoms with Crippen LogP contribution in [0.15, 0.2) is 45.8 Å². The van der Waals surface area contributed by atoms with Crippen molar-refractivity contribution in [1.29, 1.82) is 0 Å². The van der Waals surface area contributed by atoms with Gasteiger partial charge in [0.2, 0.25) is 11.8 Å². The van der Waals surface area contributed by atoms with Crippen molar-refractivity contribution < 1.29 is 13.6 Å². The van der Waals surface area contributed by atoms with Crippen molar-refractivity contribution >= 4 is 16.9 Å². The SMILES string of the molecule is Cc1ccc2c(CC(=O)N3CCC[C@H](c4nnc(-c5cnccn5)o4)C3)coc2c1C. The van der Waals surface area contributed by atoms with Crippen LogP contribution in [0.3, 0.4) is 0 Å². The van der Waals surface area contributed by atoms with Gasteiger partial charge in [-0.3, -0.25) is 9.78 Å². The molecule has 0 spiro atoms. The number of aromatic nitrogens is 4. The maximum Gasteiger partial charge on any atom is 0.267 e. The van der Waals surface area contributed by atoms with Crippen molar-refractivity contribution in [3.05, 3.63) is 59.6 Å². The van der Waals surface area contributed by atoms with E-state index in [1.165, 1.54) is 5.56 Å². The highest BCUT2D eigenvalue weighted by molar-refractivity contribution is 5.89. The molecule has 4 aromatic rings. The Balaban J connectivity index is 1.30. The number of hydrogen-bond donors (Lipinski definition) is 0. The highest BCUT2D eigenvalue weighted by atomic mass is 16.4. The number of nitrogens with zero attached hydrogens (tertiary/aromatic N) is 5. The number of amides is 1. The number of likely N-dealkylation sites (tertiary alicyclic amines) is 1. The fraction of sp³-hybridized carbons (Fsp3) is 0.348. The van der Waals surface area contributed by atoms with Gasteiger partial charge in [0.1, 0.15) is 11.3 Å². The van der Waals surface area contributed by atoms with Crippen LogP contribution in [0.2, 0.25) is 0 Å². The average Bonchev–Trinajstić information content (AvgIpc) is 3.45. The first kappa shape index (κ1) is 19.4. The minimum Gasteiger partial charge on any atom is -0.464 e. The van der Waals surface area contributed by atoms with Crippen LogP contribution in [-0.4, -0.2) is 44.1 Å². The molecule has 5 rings (SSSR count). The second kappa shape index (κ2) is 7.94. The highest BCUT2D eigenvalue weighted by Gasteiger charge is 2.29. The van der Waals surface area contributed by atoms with E-state index in [2.05, 4.69) is 33.2 Å². The van der Waals surface area contributed by atoms with Crippen molar-refractivity contribution in [1.82, 2.24) is 25.1 Å². The van der Waals surface area contributed by atoms with Crippen LogP contribution < -0.4 is 0 Å². The van der Waals surface area contributed by atoms with Crippen LogP contribution in [0.4, 0.5) is 0 Å². The van der Waals surface area contributed by atoms with E-state index in [1.807, 2.05) is 17.9 Å². The first-order chi connectivity index (χ1) is 15.1. The van der Waals surface area contributed by atoms with Gasteiger partial charge in [-0.15, -0.1) is 10.2 Å². The van der Waals surface area contributed by atoms with Crippen molar-refractivity contribution in [2.24, 2.45) is 0 Å². The van der Waals surface area contributed by atoms with Gasteiger partial charge in [0.25, 0.3) is 5.89 Å². The fourth-order valence-electron chi connectivity index (χ4n) is 4.12. The summed E-state index contributed by atoms with van der Waals surface area (Å²) in [6.07, 6.45) is 8.59. The van der Waals surface area contributed by atoms with E-state index >= 15 is 0 Å². The second-order valence-electron chi connectivity index (χ2n) is 8.04. The minimum absolute atomic E-state index is 0.0154. The summed E-state index contributed by atoms with van der Waals surface area (Å²) in [6.45, 7) is 5.40. The summed E-state index contributed by atoms with van der Waals surface area (Å²) in [5.74, 6) is 0.987. The first-order valence-electron chi connectivity index (χ1n) is 10.4. The zero-order valence-corrected chi connectivity index (χ0v) is 17.5. The highest BCUT2D eigenvalue weighted by Crippen LogP contribution is 2.30. The zero-order chi connectivity index (χ0) is 21.4. The summed E-state index contributed by atoms with van der Waals surface area (Å²) in [5, 5.41) is 9.32. The fourth-order valence-corrected chi connectivity index (χ4v) is 4.12. The molecular weight excluding hydrogens is 394 g/mol. The van der Waals surface area contributed by atoms with Crippen molar-refractivity contribution in [3.8, 4) is 11.6 Å². The molecule has 3 aromatic heterocycles. The topological polar surface area (TPSA) is 98.2 Å². The number of fused-ring (bicyclic) bond motifs is 1. The van der Waals surface area contributed by atoms with Gasteiger partial charge in [-0.05, 0) is 37.8 Å². The standard InChI is InChI=1S/C23H23N5O3/c1-14-5-6-18-17(13-30-21(18)15(14)2)10-20(29)28-9-3-4-16(12-28)22-26-27-23(31-22)19-11-24-7-8-25-19/h5-8,11,13,16H,3-4,9-10,12H2,1-2H3/t16-/m0/s1. The molecule has 158 valence electrons. The molecule has 1 aromatic carbocycles. The molecule has 1 fully saturated rings. The smallest absolute Gasteiger partial charge is 0.267 e. The van der Waals surface area contributed by atoms with Gasteiger partial charge in [0, 0.05) is 36.4 Å². The third-order valence-corrected chi connectivity index (χ3v) is 6.03. The lowest BCUT2D eigenvalue weighted by Gasteiger charge is -2.31. The molecule has 0 radical (unpaired) electrons. The Kier molecular flexibility index (Phi) is 4.97. The number of hydrogen-bond acceptors (Lipinski definition) is 7. The molecule has 8 heteroatoms. The van der Waals surface area contributed by atoms with Gasteiger partial charge < -0.3 is 13.7 Å². The van der Waals surface area contributed by atoms with Gasteiger partial charge in [0.15, 0.2) is 0 Å². The maximum atomic E-state index is 13.1.